The van der Waals surface area contributed by atoms with Crippen LogP contribution in [0.2, 0.25) is 5.02 Å². The minimum atomic E-state index is -3.75. The molecule has 0 atom stereocenters. The van der Waals surface area contributed by atoms with Gasteiger partial charge in [0.2, 0.25) is 20.0 Å². The molecule has 1 N–H and O–H groups in total. The smallest absolute Gasteiger partial charge is 0.257 e. The van der Waals surface area contributed by atoms with E-state index in [-0.39, 0.29) is 26.1 Å². The van der Waals surface area contributed by atoms with E-state index >= 15 is 0 Å². The Balaban J connectivity index is 1.88. The molecule has 162 valence electrons. The Hall–Kier alpha value is -1.98. The van der Waals surface area contributed by atoms with Crippen molar-refractivity contribution >= 4 is 43.2 Å². The van der Waals surface area contributed by atoms with Crippen LogP contribution in [-0.4, -0.2) is 58.5 Å². The summed E-state index contributed by atoms with van der Waals surface area (Å²) in [6.45, 7) is 0.948. The normalized spacial score (nSPS) is 15.5. The molecular formula is C19H22ClN3O5S2. The Morgan fingerprint density at radius 2 is 1.67 bits per heavy atom. The highest BCUT2D eigenvalue weighted by molar-refractivity contribution is 7.89. The van der Waals surface area contributed by atoms with Gasteiger partial charge in [-0.3, -0.25) is 4.79 Å². The fourth-order valence-corrected chi connectivity index (χ4v) is 5.76. The Kier molecular flexibility index (Phi) is 6.54. The zero-order valence-corrected chi connectivity index (χ0v) is 18.9. The predicted molar refractivity (Wildman–Crippen MR) is 115 cm³/mol. The topological polar surface area (TPSA) is 104 Å². The van der Waals surface area contributed by atoms with Crippen LogP contribution >= 0.6 is 11.6 Å². The second-order valence-corrected chi connectivity index (χ2v) is 11.5. The van der Waals surface area contributed by atoms with E-state index in [0.717, 1.165) is 17.1 Å². The molecule has 0 unspecified atom stereocenters. The van der Waals surface area contributed by atoms with Crippen molar-refractivity contribution in [2.45, 2.75) is 22.6 Å². The molecule has 2 aromatic carbocycles. The number of carbonyl (C=O) groups is 1. The molecule has 1 saturated heterocycles. The van der Waals surface area contributed by atoms with Crippen LogP contribution in [0.25, 0.3) is 0 Å². The van der Waals surface area contributed by atoms with E-state index in [1.165, 1.54) is 54.8 Å². The van der Waals surface area contributed by atoms with Crippen molar-refractivity contribution in [3.63, 3.8) is 0 Å². The van der Waals surface area contributed by atoms with Crippen LogP contribution < -0.4 is 5.32 Å². The largest absolute Gasteiger partial charge is 0.322 e. The number of benzene rings is 2. The third-order valence-electron chi connectivity index (χ3n) is 4.76. The number of sulfonamides is 2. The van der Waals surface area contributed by atoms with Crippen LogP contribution in [0.4, 0.5) is 5.69 Å². The van der Waals surface area contributed by atoms with Crippen molar-refractivity contribution in [3.05, 3.63) is 53.1 Å². The van der Waals surface area contributed by atoms with Crippen molar-refractivity contribution in [3.8, 4) is 0 Å². The summed E-state index contributed by atoms with van der Waals surface area (Å²) in [5.41, 5.74) is 0.226. The highest BCUT2D eigenvalue weighted by Gasteiger charge is 2.27. The van der Waals surface area contributed by atoms with Crippen LogP contribution in [-0.2, 0) is 20.0 Å². The third kappa shape index (κ3) is 4.52. The molecule has 0 bridgehead atoms. The zero-order valence-electron chi connectivity index (χ0n) is 16.5. The molecule has 1 amide bonds. The summed E-state index contributed by atoms with van der Waals surface area (Å²) < 4.78 is 52.6. The van der Waals surface area contributed by atoms with Gasteiger partial charge in [-0.2, -0.15) is 4.31 Å². The van der Waals surface area contributed by atoms with Crippen LogP contribution in [0.15, 0.2) is 52.3 Å². The molecule has 0 aliphatic carbocycles. The Bertz CT molecular complexity index is 1170. The van der Waals surface area contributed by atoms with Gasteiger partial charge in [-0.15, -0.1) is 0 Å². The van der Waals surface area contributed by atoms with Gasteiger partial charge in [0.05, 0.1) is 20.4 Å². The van der Waals surface area contributed by atoms with Gasteiger partial charge in [0.25, 0.3) is 5.91 Å². The summed E-state index contributed by atoms with van der Waals surface area (Å²) >= 11 is 6.11. The Labute approximate surface area is 181 Å². The monoisotopic (exact) mass is 471 g/mol. The summed E-state index contributed by atoms with van der Waals surface area (Å²) in [7, 11) is -4.61. The summed E-state index contributed by atoms with van der Waals surface area (Å²) in [4.78, 5) is 12.7. The number of hydrogen-bond donors (Lipinski definition) is 1. The summed E-state index contributed by atoms with van der Waals surface area (Å²) in [5, 5.41) is 2.67. The van der Waals surface area contributed by atoms with Gasteiger partial charge in [0, 0.05) is 32.9 Å². The van der Waals surface area contributed by atoms with Gasteiger partial charge in [0.15, 0.2) is 0 Å². The molecule has 2 aromatic rings. The summed E-state index contributed by atoms with van der Waals surface area (Å²) in [6, 6.07) is 9.78. The van der Waals surface area contributed by atoms with Crippen molar-refractivity contribution in [2.24, 2.45) is 0 Å². The maximum absolute atomic E-state index is 12.7. The van der Waals surface area contributed by atoms with E-state index in [1.807, 2.05) is 0 Å². The molecule has 1 aliphatic heterocycles. The second-order valence-electron chi connectivity index (χ2n) is 7.02. The van der Waals surface area contributed by atoms with Crippen molar-refractivity contribution < 1.29 is 21.6 Å². The second kappa shape index (κ2) is 8.64. The number of hydrogen-bond acceptors (Lipinski definition) is 5. The standard InChI is InChI=1S/C19H22ClN3O5S2/c1-22(2)29(25,26)16-8-9-18(20)17(13-16)19(24)21-14-6-5-7-15(12-14)30(27,28)23-10-3-4-11-23/h5-9,12-13H,3-4,10-11H2,1-2H3,(H,21,24). The maximum Gasteiger partial charge on any atom is 0.257 e. The molecule has 0 aromatic heterocycles. The van der Waals surface area contributed by atoms with E-state index in [0.29, 0.717) is 13.1 Å². The number of rotatable bonds is 6. The molecule has 11 heteroatoms. The van der Waals surface area contributed by atoms with Gasteiger partial charge in [-0.05, 0) is 49.2 Å². The number of halogens is 1. The SMILES string of the molecule is CN(C)S(=O)(=O)c1ccc(Cl)c(C(=O)Nc2cccc(S(=O)(=O)N3CCCC3)c2)c1. The number of nitrogens with zero attached hydrogens (tertiary/aromatic N) is 2. The lowest BCUT2D eigenvalue weighted by Gasteiger charge is -2.16. The first-order valence-corrected chi connectivity index (χ1v) is 12.4. The quantitative estimate of drug-likeness (QED) is 0.697. The van der Waals surface area contributed by atoms with Gasteiger partial charge in [-0.1, -0.05) is 17.7 Å². The molecular weight excluding hydrogens is 450 g/mol. The molecule has 1 aliphatic rings. The lowest BCUT2D eigenvalue weighted by atomic mass is 10.2. The maximum atomic E-state index is 12.7. The van der Waals surface area contributed by atoms with Crippen LogP contribution in [0, 0.1) is 0 Å². The van der Waals surface area contributed by atoms with Crippen LogP contribution in [0.5, 0.6) is 0 Å². The highest BCUT2D eigenvalue weighted by atomic mass is 35.5. The average molecular weight is 472 g/mol. The number of carbonyl (C=O) groups excluding carboxylic acids is 1. The van der Waals surface area contributed by atoms with Gasteiger partial charge in [0.1, 0.15) is 0 Å². The van der Waals surface area contributed by atoms with Crippen molar-refractivity contribution in [2.75, 3.05) is 32.5 Å². The first-order valence-electron chi connectivity index (χ1n) is 9.17. The lowest BCUT2D eigenvalue weighted by molar-refractivity contribution is 0.102. The van der Waals surface area contributed by atoms with Crippen LogP contribution in [0.3, 0.4) is 0 Å². The Morgan fingerprint density at radius 1 is 1.00 bits per heavy atom. The Morgan fingerprint density at radius 3 is 2.30 bits per heavy atom. The molecule has 0 radical (unpaired) electrons. The predicted octanol–water partition coefficient (Wildman–Crippen LogP) is 2.63. The minimum Gasteiger partial charge on any atom is -0.322 e. The van der Waals surface area contributed by atoms with E-state index in [4.69, 9.17) is 11.6 Å². The number of anilines is 1. The van der Waals surface area contributed by atoms with Gasteiger partial charge < -0.3 is 5.32 Å². The lowest BCUT2D eigenvalue weighted by Crippen LogP contribution is -2.28. The number of amides is 1. The first-order chi connectivity index (χ1) is 14.0. The molecule has 3 rings (SSSR count). The minimum absolute atomic E-state index is 0.0348. The van der Waals surface area contributed by atoms with Gasteiger partial charge in [-0.25, -0.2) is 21.1 Å². The number of nitrogens with one attached hydrogen (secondary N) is 1. The van der Waals surface area contributed by atoms with E-state index in [9.17, 15) is 21.6 Å². The van der Waals surface area contributed by atoms with E-state index in [1.54, 1.807) is 6.07 Å². The fourth-order valence-electron chi connectivity index (χ4n) is 3.06. The molecule has 0 spiro atoms. The summed E-state index contributed by atoms with van der Waals surface area (Å²) in [5.74, 6) is -0.647. The summed E-state index contributed by atoms with van der Waals surface area (Å²) in [6.07, 6.45) is 1.64. The first kappa shape index (κ1) is 22.7. The van der Waals surface area contributed by atoms with Crippen LogP contribution in [0.1, 0.15) is 23.2 Å². The zero-order chi connectivity index (χ0) is 22.1. The van der Waals surface area contributed by atoms with Gasteiger partial charge >= 0.3 is 0 Å². The third-order valence-corrected chi connectivity index (χ3v) is 8.79. The molecule has 8 nitrogen and oxygen atoms in total. The highest BCUT2D eigenvalue weighted by Crippen LogP contribution is 2.25. The van der Waals surface area contributed by atoms with E-state index in [2.05, 4.69) is 5.32 Å². The van der Waals surface area contributed by atoms with E-state index < -0.39 is 26.0 Å². The van der Waals surface area contributed by atoms with Crippen molar-refractivity contribution in [1.82, 2.24) is 8.61 Å². The molecule has 1 fully saturated rings. The average Bonchev–Trinajstić information content (AvgIpc) is 3.24. The fraction of sp³-hybridized carbons (Fsp3) is 0.316. The molecule has 1 heterocycles. The molecule has 30 heavy (non-hydrogen) atoms. The van der Waals surface area contributed by atoms with Crippen molar-refractivity contribution in [1.29, 1.82) is 0 Å². The molecule has 0 saturated carbocycles.